The number of hydrogen-bond acceptors (Lipinski definition) is 7. The SMILES string of the molecule is Cn1nc2cccc(N(c3ccc(-c4ccccc4)c4nn(C)nc34)c3ccc(-c4ccc(-c5cccc6c7ccccc7n(-c7ccccc7)c56)cc4)c4nn(C)nc34)c2n1. The van der Waals surface area contributed by atoms with Crippen molar-refractivity contribution in [2.24, 2.45) is 21.1 Å². The van der Waals surface area contributed by atoms with Gasteiger partial charge in [-0.3, -0.25) is 0 Å². The molecule has 0 aliphatic carbocycles. The number of rotatable bonds is 7. The topological polar surface area (TPSA) is 100 Å². The first-order valence-corrected chi connectivity index (χ1v) is 20.5. The van der Waals surface area contributed by atoms with Gasteiger partial charge in [-0.1, -0.05) is 115 Å². The maximum absolute atomic E-state index is 5.04. The van der Waals surface area contributed by atoms with Crippen LogP contribution < -0.4 is 4.90 Å². The van der Waals surface area contributed by atoms with Crippen molar-refractivity contribution in [3.63, 3.8) is 0 Å². The minimum atomic E-state index is 0.733. The summed E-state index contributed by atoms with van der Waals surface area (Å²) in [6.07, 6.45) is 0. The highest BCUT2D eigenvalue weighted by atomic mass is 15.5. The van der Waals surface area contributed by atoms with Crippen LogP contribution in [0.1, 0.15) is 0 Å². The lowest BCUT2D eigenvalue weighted by Gasteiger charge is -2.26. The maximum Gasteiger partial charge on any atom is 0.137 e. The molecule has 12 rings (SSSR count). The molecule has 0 saturated heterocycles. The Morgan fingerprint density at radius 3 is 1.53 bits per heavy atom. The summed E-state index contributed by atoms with van der Waals surface area (Å²) in [5, 5.41) is 31.9. The Morgan fingerprint density at radius 2 is 0.855 bits per heavy atom. The van der Waals surface area contributed by atoms with E-state index in [4.69, 9.17) is 25.5 Å². The van der Waals surface area contributed by atoms with Gasteiger partial charge in [-0.05, 0) is 71.3 Å². The van der Waals surface area contributed by atoms with Crippen molar-refractivity contribution in [1.29, 1.82) is 0 Å². The van der Waals surface area contributed by atoms with Crippen molar-refractivity contribution < 1.29 is 0 Å². The smallest absolute Gasteiger partial charge is 0.137 e. The van der Waals surface area contributed by atoms with Crippen LogP contribution >= 0.6 is 0 Å². The third kappa shape index (κ3) is 5.52. The molecule has 0 bridgehead atoms. The lowest BCUT2D eigenvalue weighted by molar-refractivity contribution is 0.665. The number of nitrogens with zero attached hydrogens (tertiary/aromatic N) is 11. The molecular weight excluding hydrogens is 767 g/mol. The van der Waals surface area contributed by atoms with Gasteiger partial charge < -0.3 is 9.47 Å². The molecule has 0 N–H and O–H groups in total. The van der Waals surface area contributed by atoms with Gasteiger partial charge in [0, 0.05) is 54.3 Å². The summed E-state index contributed by atoms with van der Waals surface area (Å²) in [6, 6.07) is 59.5. The third-order valence-electron chi connectivity index (χ3n) is 11.8. The molecule has 8 aromatic carbocycles. The number of hydrogen-bond donors (Lipinski definition) is 0. The molecule has 0 amide bonds. The summed E-state index contributed by atoms with van der Waals surface area (Å²) >= 11 is 0. The fraction of sp³-hybridized carbons (Fsp3) is 0.0588. The second-order valence-corrected chi connectivity index (χ2v) is 15.5. The first-order valence-electron chi connectivity index (χ1n) is 20.5. The van der Waals surface area contributed by atoms with Crippen LogP contribution in [0.15, 0.2) is 170 Å². The summed E-state index contributed by atoms with van der Waals surface area (Å²) in [6.45, 7) is 0. The molecule has 11 heteroatoms. The van der Waals surface area contributed by atoms with Crippen molar-refractivity contribution in [2.75, 3.05) is 4.90 Å². The van der Waals surface area contributed by atoms with Crippen LogP contribution in [0.5, 0.6) is 0 Å². The average molecular weight is 804 g/mol. The number of anilines is 3. The van der Waals surface area contributed by atoms with E-state index >= 15 is 0 Å². The van der Waals surface area contributed by atoms with Crippen LogP contribution in [0, 0.1) is 0 Å². The summed E-state index contributed by atoms with van der Waals surface area (Å²) < 4.78 is 2.38. The Balaban J connectivity index is 1.03. The number of para-hydroxylation sites is 3. The normalized spacial score (nSPS) is 11.8. The van der Waals surface area contributed by atoms with Crippen LogP contribution in [0.25, 0.3) is 94.0 Å². The Kier molecular flexibility index (Phi) is 7.91. The van der Waals surface area contributed by atoms with Crippen molar-refractivity contribution in [3.05, 3.63) is 170 Å². The van der Waals surface area contributed by atoms with Gasteiger partial charge in [0.05, 0.1) is 28.1 Å². The van der Waals surface area contributed by atoms with E-state index in [2.05, 4.69) is 154 Å². The van der Waals surface area contributed by atoms with Gasteiger partial charge in [-0.2, -0.15) is 45.0 Å². The Bertz CT molecular complexity index is 3670. The second-order valence-electron chi connectivity index (χ2n) is 15.5. The van der Waals surface area contributed by atoms with Crippen molar-refractivity contribution >= 4 is 72.0 Å². The van der Waals surface area contributed by atoms with Crippen LogP contribution in [-0.2, 0) is 21.1 Å². The van der Waals surface area contributed by atoms with Gasteiger partial charge in [-0.15, -0.1) is 0 Å². The molecule has 12 aromatic rings. The molecule has 4 aromatic heterocycles. The van der Waals surface area contributed by atoms with Crippen LogP contribution in [-0.4, -0.2) is 49.5 Å². The summed E-state index contributed by atoms with van der Waals surface area (Å²) in [5.74, 6) is 0. The zero-order valence-corrected chi connectivity index (χ0v) is 34.1. The number of aromatic nitrogens is 10. The molecule has 0 spiro atoms. The Morgan fingerprint density at radius 1 is 0.355 bits per heavy atom. The largest absolute Gasteiger partial charge is 0.309 e. The first-order chi connectivity index (χ1) is 30.5. The molecule has 0 aliphatic rings. The monoisotopic (exact) mass is 803 g/mol. The van der Waals surface area contributed by atoms with Crippen molar-refractivity contribution in [2.45, 2.75) is 0 Å². The van der Waals surface area contributed by atoms with Crippen LogP contribution in [0.4, 0.5) is 17.1 Å². The van der Waals surface area contributed by atoms with Crippen molar-refractivity contribution in [1.82, 2.24) is 49.5 Å². The molecule has 4 heterocycles. The van der Waals surface area contributed by atoms with Crippen LogP contribution in [0.3, 0.4) is 0 Å². The molecule has 0 saturated carbocycles. The van der Waals surface area contributed by atoms with Gasteiger partial charge >= 0.3 is 0 Å². The van der Waals surface area contributed by atoms with E-state index in [1.165, 1.54) is 21.8 Å². The molecule has 296 valence electrons. The van der Waals surface area contributed by atoms with E-state index in [-0.39, 0.29) is 0 Å². The summed E-state index contributed by atoms with van der Waals surface area (Å²) in [7, 11) is 5.57. The number of aryl methyl sites for hydroxylation is 3. The highest BCUT2D eigenvalue weighted by Gasteiger charge is 2.27. The molecule has 0 atom stereocenters. The van der Waals surface area contributed by atoms with Gasteiger partial charge in [0.15, 0.2) is 0 Å². The molecule has 0 aliphatic heterocycles. The fourth-order valence-electron chi connectivity index (χ4n) is 9.13. The maximum atomic E-state index is 5.04. The van der Waals surface area contributed by atoms with E-state index in [9.17, 15) is 0 Å². The van der Waals surface area contributed by atoms with E-state index in [0.717, 1.165) is 89.2 Å². The fourth-order valence-corrected chi connectivity index (χ4v) is 9.13. The zero-order chi connectivity index (χ0) is 41.5. The Labute approximate surface area is 355 Å². The Hall–Kier alpha value is -8.44. The average Bonchev–Trinajstić information content (AvgIpc) is 4.09. The first kappa shape index (κ1) is 35.5. The van der Waals surface area contributed by atoms with Gasteiger partial charge in [0.1, 0.15) is 33.1 Å². The van der Waals surface area contributed by atoms with Gasteiger partial charge in [0.2, 0.25) is 0 Å². The van der Waals surface area contributed by atoms with Gasteiger partial charge in [0.25, 0.3) is 0 Å². The summed E-state index contributed by atoms with van der Waals surface area (Å²) in [5.41, 5.74) is 16.9. The lowest BCUT2D eigenvalue weighted by Crippen LogP contribution is -2.12. The summed E-state index contributed by atoms with van der Waals surface area (Å²) in [4.78, 5) is 7.06. The minimum absolute atomic E-state index is 0.733. The standard InChI is InChI=1S/C51H37N11/c1-58-52-41-21-13-23-43(48(41)55-58)62(44-30-28-36(32-14-6-4-7-15-32)46-49(44)56-59(2)53-46)45-31-29-37(47-50(45)57-60(3)54-47)33-24-26-34(27-25-33)38-19-12-20-40-39-18-10-11-22-42(39)61(51(38)40)35-16-8-5-9-17-35/h4-31H,1-3H3. The van der Waals surface area contributed by atoms with E-state index in [1.54, 1.807) is 14.4 Å². The molecule has 0 fully saturated rings. The van der Waals surface area contributed by atoms with E-state index < -0.39 is 0 Å². The van der Waals surface area contributed by atoms with E-state index in [0.29, 0.717) is 0 Å². The highest BCUT2D eigenvalue weighted by Crippen LogP contribution is 2.46. The lowest BCUT2D eigenvalue weighted by atomic mass is 9.97. The number of benzene rings is 8. The molecule has 11 nitrogen and oxygen atoms in total. The molecule has 62 heavy (non-hydrogen) atoms. The molecule has 0 radical (unpaired) electrons. The number of fused-ring (bicyclic) bond motifs is 6. The highest BCUT2D eigenvalue weighted by molar-refractivity contribution is 6.14. The molecule has 0 unspecified atom stereocenters. The predicted molar refractivity (Wildman–Crippen MR) is 248 cm³/mol. The van der Waals surface area contributed by atoms with Crippen molar-refractivity contribution in [3.8, 4) is 39.1 Å². The second kappa shape index (κ2) is 13.8. The van der Waals surface area contributed by atoms with Crippen LogP contribution in [0.2, 0.25) is 0 Å². The molecular formula is C51H37N11. The van der Waals surface area contributed by atoms with Gasteiger partial charge in [-0.25, -0.2) is 0 Å². The minimum Gasteiger partial charge on any atom is -0.309 e. The zero-order valence-electron chi connectivity index (χ0n) is 34.1. The van der Waals surface area contributed by atoms with E-state index in [1.807, 2.05) is 51.5 Å². The predicted octanol–water partition coefficient (Wildman–Crippen LogP) is 11.1. The third-order valence-corrected chi connectivity index (χ3v) is 11.8. The quantitative estimate of drug-likeness (QED) is 0.158.